The molecule has 1 N–H and O–H groups in total. The maximum atomic E-state index is 13.4. The maximum Gasteiger partial charge on any atom is 0.265 e. The van der Waals surface area contributed by atoms with Crippen molar-refractivity contribution < 1.29 is 9.21 Å². The SMILES string of the molecule is CN(C)CC[C@@H](CC(=O)c1nc2cc3c(nc2o1)CC[C@H](C(C)(C)C)C3)c1ccc(-c2ccc(=O)[nH]c2)cc1. The van der Waals surface area contributed by atoms with Gasteiger partial charge in [-0.2, -0.15) is 0 Å². The summed E-state index contributed by atoms with van der Waals surface area (Å²) in [5.41, 5.74) is 6.60. The lowest BCUT2D eigenvalue weighted by atomic mass is 9.71. The highest BCUT2D eigenvalue weighted by Gasteiger charge is 2.30. The van der Waals surface area contributed by atoms with Gasteiger partial charge in [-0.1, -0.05) is 45.0 Å². The summed E-state index contributed by atoms with van der Waals surface area (Å²) in [6.45, 7) is 7.75. The molecule has 0 spiro atoms. The standard InChI is InChI=1S/C32H38N4O3/c1-32(2,3)25-11-12-26-24(16-25)17-27-30(34-26)39-31(35-27)28(37)18-22(14-15-36(4)5)20-6-8-21(9-7-20)23-10-13-29(38)33-19-23/h6-10,13,17,19,22,25H,11-12,14-16,18H2,1-5H3,(H,33,38)/t22-,25-/m0/s1. The highest BCUT2D eigenvalue weighted by atomic mass is 16.4. The molecule has 0 saturated carbocycles. The van der Waals surface area contributed by atoms with Gasteiger partial charge < -0.3 is 14.3 Å². The van der Waals surface area contributed by atoms with Gasteiger partial charge in [0.1, 0.15) is 5.52 Å². The smallest absolute Gasteiger partial charge is 0.265 e. The summed E-state index contributed by atoms with van der Waals surface area (Å²) in [7, 11) is 4.08. The Morgan fingerprint density at radius 2 is 1.85 bits per heavy atom. The molecular formula is C32H38N4O3. The van der Waals surface area contributed by atoms with Gasteiger partial charge in [0.15, 0.2) is 0 Å². The molecule has 0 aliphatic heterocycles. The summed E-state index contributed by atoms with van der Waals surface area (Å²) in [6.07, 6.45) is 5.89. The Bertz CT molecular complexity index is 1510. The molecule has 0 bridgehead atoms. The predicted octanol–water partition coefficient (Wildman–Crippen LogP) is 6.04. The van der Waals surface area contributed by atoms with Crippen LogP contribution in [-0.4, -0.2) is 46.3 Å². The molecule has 1 aromatic carbocycles. The van der Waals surface area contributed by atoms with Crippen molar-refractivity contribution in [1.82, 2.24) is 19.9 Å². The average molecular weight is 527 g/mol. The molecule has 7 heteroatoms. The number of fused-ring (bicyclic) bond motifs is 2. The number of carbonyl (C=O) groups is 1. The number of Topliss-reactive ketones (excluding diaryl/α,β-unsaturated/α-hetero) is 1. The van der Waals surface area contributed by atoms with Gasteiger partial charge in [-0.3, -0.25) is 9.59 Å². The number of ketones is 1. The van der Waals surface area contributed by atoms with Crippen LogP contribution in [0.5, 0.6) is 0 Å². The molecule has 0 unspecified atom stereocenters. The molecule has 3 aromatic heterocycles. The summed E-state index contributed by atoms with van der Waals surface area (Å²) in [5, 5.41) is 0. The van der Waals surface area contributed by atoms with E-state index in [1.54, 1.807) is 6.20 Å². The van der Waals surface area contributed by atoms with E-state index in [1.165, 1.54) is 11.6 Å². The zero-order valence-electron chi connectivity index (χ0n) is 23.6. The van der Waals surface area contributed by atoms with Gasteiger partial charge in [0.2, 0.25) is 17.1 Å². The number of aryl methyl sites for hydroxylation is 1. The lowest BCUT2D eigenvalue weighted by Gasteiger charge is -2.34. The highest BCUT2D eigenvalue weighted by Crippen LogP contribution is 2.37. The minimum absolute atomic E-state index is 0.0215. The number of hydrogen-bond donors (Lipinski definition) is 1. The van der Waals surface area contributed by atoms with Gasteiger partial charge in [0.25, 0.3) is 5.89 Å². The number of nitrogens with zero attached hydrogens (tertiary/aromatic N) is 3. The van der Waals surface area contributed by atoms with Crippen LogP contribution < -0.4 is 5.56 Å². The van der Waals surface area contributed by atoms with Crippen LogP contribution in [0.15, 0.2) is 57.9 Å². The Morgan fingerprint density at radius 1 is 1.10 bits per heavy atom. The van der Waals surface area contributed by atoms with Crippen LogP contribution in [0.25, 0.3) is 22.4 Å². The summed E-state index contributed by atoms with van der Waals surface area (Å²) >= 11 is 0. The van der Waals surface area contributed by atoms with Crippen LogP contribution in [0.2, 0.25) is 0 Å². The first-order chi connectivity index (χ1) is 18.6. The summed E-state index contributed by atoms with van der Waals surface area (Å²) < 4.78 is 5.93. The van der Waals surface area contributed by atoms with E-state index in [-0.39, 0.29) is 28.6 Å². The highest BCUT2D eigenvalue weighted by molar-refractivity contribution is 5.94. The quantitative estimate of drug-likeness (QED) is 0.282. The third kappa shape index (κ3) is 6.19. The first-order valence-electron chi connectivity index (χ1n) is 13.8. The van der Waals surface area contributed by atoms with E-state index in [0.29, 0.717) is 23.6 Å². The zero-order chi connectivity index (χ0) is 27.7. The van der Waals surface area contributed by atoms with Gasteiger partial charge in [-0.15, -0.1) is 0 Å². The minimum atomic E-state index is -0.124. The number of carbonyl (C=O) groups excluding carboxylic acids is 1. The molecule has 1 aliphatic rings. The number of H-pyrrole nitrogens is 1. The molecule has 204 valence electrons. The molecule has 4 aromatic rings. The second-order valence-electron chi connectivity index (χ2n) is 12.2. The van der Waals surface area contributed by atoms with Crippen LogP contribution in [-0.2, 0) is 12.8 Å². The van der Waals surface area contributed by atoms with Gasteiger partial charge in [0.05, 0.1) is 0 Å². The summed E-state index contributed by atoms with van der Waals surface area (Å²) in [6, 6.07) is 13.6. The van der Waals surface area contributed by atoms with Crippen molar-refractivity contribution in [3.63, 3.8) is 0 Å². The monoisotopic (exact) mass is 526 g/mol. The first-order valence-corrected chi connectivity index (χ1v) is 13.8. The summed E-state index contributed by atoms with van der Waals surface area (Å²) in [5.74, 6) is 0.664. The van der Waals surface area contributed by atoms with Gasteiger partial charge in [-0.25, -0.2) is 9.97 Å². The van der Waals surface area contributed by atoms with Gasteiger partial charge in [-0.05, 0) is 98.0 Å². The Labute approximate surface area is 229 Å². The molecule has 0 radical (unpaired) electrons. The average Bonchev–Trinajstić information content (AvgIpc) is 3.32. The van der Waals surface area contributed by atoms with Crippen LogP contribution >= 0.6 is 0 Å². The topological polar surface area (TPSA) is 92.1 Å². The number of pyridine rings is 2. The third-order valence-corrected chi connectivity index (χ3v) is 8.07. The number of rotatable bonds is 8. The van der Waals surface area contributed by atoms with Crippen LogP contribution in [0.4, 0.5) is 0 Å². The summed E-state index contributed by atoms with van der Waals surface area (Å²) in [4.78, 5) is 39.1. The van der Waals surface area contributed by atoms with E-state index < -0.39 is 0 Å². The number of aromatic nitrogens is 3. The fourth-order valence-electron chi connectivity index (χ4n) is 5.52. The van der Waals surface area contributed by atoms with E-state index in [9.17, 15) is 9.59 Å². The Morgan fingerprint density at radius 3 is 2.51 bits per heavy atom. The zero-order valence-corrected chi connectivity index (χ0v) is 23.6. The number of nitrogens with one attached hydrogen (secondary N) is 1. The molecule has 5 rings (SSSR count). The molecule has 0 saturated heterocycles. The van der Waals surface area contributed by atoms with E-state index in [4.69, 9.17) is 9.40 Å². The Kier molecular flexibility index (Phi) is 7.54. The van der Waals surface area contributed by atoms with Crippen molar-refractivity contribution in [3.8, 4) is 11.1 Å². The molecular weight excluding hydrogens is 488 g/mol. The molecule has 3 heterocycles. The van der Waals surface area contributed by atoms with E-state index in [0.717, 1.165) is 54.6 Å². The normalized spacial score (nSPS) is 16.4. The van der Waals surface area contributed by atoms with Crippen molar-refractivity contribution in [3.05, 3.63) is 81.7 Å². The second kappa shape index (κ2) is 10.9. The fraction of sp³-hybridized carbons (Fsp3) is 0.438. The van der Waals surface area contributed by atoms with Crippen LogP contribution in [0.1, 0.15) is 73.5 Å². The van der Waals surface area contributed by atoms with Crippen LogP contribution in [0.3, 0.4) is 0 Å². The van der Waals surface area contributed by atoms with Gasteiger partial charge >= 0.3 is 0 Å². The van der Waals surface area contributed by atoms with Crippen molar-refractivity contribution in [2.75, 3.05) is 20.6 Å². The third-order valence-electron chi connectivity index (χ3n) is 8.07. The van der Waals surface area contributed by atoms with Crippen molar-refractivity contribution in [2.24, 2.45) is 11.3 Å². The Hall–Kier alpha value is -3.58. The lowest BCUT2D eigenvalue weighted by Crippen LogP contribution is -2.27. The number of aromatic amines is 1. The number of oxazole rings is 1. The van der Waals surface area contributed by atoms with E-state index >= 15 is 0 Å². The van der Waals surface area contributed by atoms with Crippen molar-refractivity contribution in [2.45, 2.75) is 58.8 Å². The second-order valence-corrected chi connectivity index (χ2v) is 12.2. The number of hydrogen-bond acceptors (Lipinski definition) is 6. The van der Waals surface area contributed by atoms with E-state index in [2.05, 4.69) is 53.8 Å². The molecule has 39 heavy (non-hydrogen) atoms. The molecule has 7 nitrogen and oxygen atoms in total. The molecule has 1 aliphatic carbocycles. The molecule has 2 atom stereocenters. The fourth-order valence-corrected chi connectivity index (χ4v) is 5.52. The van der Waals surface area contributed by atoms with Crippen LogP contribution in [0, 0.1) is 11.3 Å². The van der Waals surface area contributed by atoms with E-state index in [1.807, 2.05) is 32.3 Å². The van der Waals surface area contributed by atoms with Gasteiger partial charge in [0, 0.05) is 24.4 Å². The minimum Gasteiger partial charge on any atom is -0.415 e. The maximum absolute atomic E-state index is 13.4. The molecule has 0 amide bonds. The first kappa shape index (κ1) is 27.0. The van der Waals surface area contributed by atoms with Crippen molar-refractivity contribution >= 4 is 17.0 Å². The molecule has 0 fully saturated rings. The lowest BCUT2D eigenvalue weighted by molar-refractivity contribution is 0.0939. The number of benzene rings is 1. The largest absolute Gasteiger partial charge is 0.415 e. The van der Waals surface area contributed by atoms with Crippen molar-refractivity contribution in [1.29, 1.82) is 0 Å². The predicted molar refractivity (Wildman–Crippen MR) is 154 cm³/mol. The Balaban J connectivity index is 1.36.